The van der Waals surface area contributed by atoms with E-state index >= 15 is 0 Å². The van der Waals surface area contributed by atoms with Gasteiger partial charge < -0.3 is 4.90 Å². The minimum Gasteiger partial charge on any atom is -0.306 e. The molecule has 0 aliphatic rings. The number of nitrogens with zero attached hydrogens (tertiary/aromatic N) is 2. The Hall–Kier alpha value is -1.33. The minimum absolute atomic E-state index is 0.916. The summed E-state index contributed by atoms with van der Waals surface area (Å²) in [5.74, 6) is 6.22. The number of pyridine rings is 1. The lowest BCUT2D eigenvalue weighted by Gasteiger charge is -2.10. The number of aromatic nitrogens is 1. The van der Waals surface area contributed by atoms with Crippen molar-refractivity contribution in [3.63, 3.8) is 0 Å². The summed E-state index contributed by atoms with van der Waals surface area (Å²) in [4.78, 5) is 6.25. The molecule has 74 valence electrons. The van der Waals surface area contributed by atoms with Crippen molar-refractivity contribution < 1.29 is 0 Å². The van der Waals surface area contributed by atoms with Gasteiger partial charge in [0.25, 0.3) is 0 Å². The van der Waals surface area contributed by atoms with Gasteiger partial charge in [-0.05, 0) is 25.7 Å². The summed E-state index contributed by atoms with van der Waals surface area (Å²) in [6.45, 7) is 4.26. The van der Waals surface area contributed by atoms with Crippen molar-refractivity contribution in [3.05, 3.63) is 30.1 Å². The third kappa shape index (κ3) is 4.06. The van der Waals surface area contributed by atoms with E-state index in [2.05, 4.69) is 35.7 Å². The van der Waals surface area contributed by atoms with Crippen molar-refractivity contribution in [1.29, 1.82) is 0 Å². The fraction of sp³-hybridized carbons (Fsp3) is 0.417. The van der Waals surface area contributed by atoms with Crippen LogP contribution in [0.25, 0.3) is 0 Å². The predicted molar refractivity (Wildman–Crippen MR) is 58.9 cm³/mol. The van der Waals surface area contributed by atoms with Gasteiger partial charge in [-0.3, -0.25) is 4.98 Å². The molecule has 2 heteroatoms. The quantitative estimate of drug-likeness (QED) is 0.672. The minimum atomic E-state index is 0.916. The Kier molecular flexibility index (Phi) is 4.74. The molecule has 0 atom stereocenters. The molecule has 0 saturated heterocycles. The highest BCUT2D eigenvalue weighted by Gasteiger charge is 1.89. The van der Waals surface area contributed by atoms with Gasteiger partial charge in [0.2, 0.25) is 0 Å². The zero-order valence-electron chi connectivity index (χ0n) is 8.83. The van der Waals surface area contributed by atoms with Crippen molar-refractivity contribution in [3.8, 4) is 11.8 Å². The first kappa shape index (κ1) is 10.7. The van der Waals surface area contributed by atoms with E-state index in [1.165, 1.54) is 0 Å². The van der Waals surface area contributed by atoms with Gasteiger partial charge >= 0.3 is 0 Å². The lowest BCUT2D eigenvalue weighted by molar-refractivity contribution is 0.362. The standard InChI is InChI=1S/C12H16N2/c1-3-14(2)10-5-4-7-12-8-6-9-13-11-12/h6,8-9,11H,3,5,10H2,1-2H3. The molecule has 0 fully saturated rings. The van der Waals surface area contributed by atoms with E-state index in [9.17, 15) is 0 Å². The molecule has 0 aliphatic carbocycles. The molecule has 0 N–H and O–H groups in total. The molecule has 0 radical (unpaired) electrons. The van der Waals surface area contributed by atoms with E-state index < -0.39 is 0 Å². The van der Waals surface area contributed by atoms with E-state index in [4.69, 9.17) is 0 Å². The van der Waals surface area contributed by atoms with Gasteiger partial charge in [-0.25, -0.2) is 0 Å². The highest BCUT2D eigenvalue weighted by molar-refractivity contribution is 5.30. The molecule has 1 aromatic heterocycles. The van der Waals surface area contributed by atoms with Crippen LogP contribution < -0.4 is 0 Å². The smallest absolute Gasteiger partial charge is 0.0428 e. The number of hydrogen-bond donors (Lipinski definition) is 0. The Morgan fingerprint density at radius 3 is 3.00 bits per heavy atom. The summed E-state index contributed by atoms with van der Waals surface area (Å²) in [7, 11) is 2.10. The Morgan fingerprint density at radius 2 is 2.36 bits per heavy atom. The summed E-state index contributed by atoms with van der Waals surface area (Å²) < 4.78 is 0. The maximum atomic E-state index is 4.00. The molecule has 1 aromatic rings. The highest BCUT2D eigenvalue weighted by Crippen LogP contribution is 1.92. The molecule has 0 aromatic carbocycles. The Labute approximate surface area is 86.0 Å². The van der Waals surface area contributed by atoms with E-state index in [0.717, 1.165) is 25.1 Å². The van der Waals surface area contributed by atoms with Crippen LogP contribution in [-0.4, -0.2) is 30.0 Å². The van der Waals surface area contributed by atoms with Gasteiger partial charge in [0.05, 0.1) is 0 Å². The number of hydrogen-bond acceptors (Lipinski definition) is 2. The Bertz CT molecular complexity index is 308. The molecule has 0 bridgehead atoms. The Balaban J connectivity index is 2.34. The van der Waals surface area contributed by atoms with Crippen molar-refractivity contribution >= 4 is 0 Å². The summed E-state index contributed by atoms with van der Waals surface area (Å²) in [5.41, 5.74) is 0.992. The van der Waals surface area contributed by atoms with Crippen molar-refractivity contribution in [1.82, 2.24) is 9.88 Å². The average Bonchev–Trinajstić information content (AvgIpc) is 2.25. The van der Waals surface area contributed by atoms with Gasteiger partial charge in [-0.15, -0.1) is 0 Å². The molecule has 2 nitrogen and oxygen atoms in total. The van der Waals surface area contributed by atoms with Crippen LogP contribution in [0, 0.1) is 11.8 Å². The fourth-order valence-corrected chi connectivity index (χ4v) is 1.01. The molecule has 1 rings (SSSR count). The number of rotatable bonds is 3. The van der Waals surface area contributed by atoms with Gasteiger partial charge in [-0.2, -0.15) is 0 Å². The zero-order valence-corrected chi connectivity index (χ0v) is 8.83. The molecule has 0 amide bonds. The highest BCUT2D eigenvalue weighted by atomic mass is 15.1. The summed E-state index contributed by atoms with van der Waals surface area (Å²) in [6.07, 6.45) is 4.46. The molecule has 1 heterocycles. The van der Waals surface area contributed by atoms with Crippen LogP contribution in [0.3, 0.4) is 0 Å². The third-order valence-electron chi connectivity index (χ3n) is 2.05. The fourth-order valence-electron chi connectivity index (χ4n) is 1.01. The normalized spacial score (nSPS) is 9.64. The van der Waals surface area contributed by atoms with Crippen LogP contribution in [0.1, 0.15) is 18.9 Å². The van der Waals surface area contributed by atoms with E-state index in [1.54, 1.807) is 12.4 Å². The lowest BCUT2D eigenvalue weighted by Crippen LogP contribution is -2.18. The molecule has 0 spiro atoms. The first-order valence-electron chi connectivity index (χ1n) is 4.90. The van der Waals surface area contributed by atoms with Crippen LogP contribution in [0.5, 0.6) is 0 Å². The van der Waals surface area contributed by atoms with Crippen LogP contribution in [0.2, 0.25) is 0 Å². The summed E-state index contributed by atoms with van der Waals surface area (Å²) in [6, 6.07) is 3.88. The van der Waals surface area contributed by atoms with Gasteiger partial charge in [0.15, 0.2) is 0 Å². The second-order valence-electron chi connectivity index (χ2n) is 3.19. The lowest BCUT2D eigenvalue weighted by atomic mass is 10.3. The monoisotopic (exact) mass is 188 g/mol. The molecule has 0 aliphatic heterocycles. The van der Waals surface area contributed by atoms with Crippen molar-refractivity contribution in [2.24, 2.45) is 0 Å². The topological polar surface area (TPSA) is 16.1 Å². The molecule has 14 heavy (non-hydrogen) atoms. The molecular weight excluding hydrogens is 172 g/mol. The third-order valence-corrected chi connectivity index (χ3v) is 2.05. The van der Waals surface area contributed by atoms with E-state index in [0.29, 0.717) is 0 Å². The van der Waals surface area contributed by atoms with Crippen LogP contribution in [0.15, 0.2) is 24.5 Å². The average molecular weight is 188 g/mol. The van der Waals surface area contributed by atoms with E-state index in [-0.39, 0.29) is 0 Å². The Morgan fingerprint density at radius 1 is 1.50 bits per heavy atom. The van der Waals surface area contributed by atoms with Crippen LogP contribution >= 0.6 is 0 Å². The predicted octanol–water partition coefficient (Wildman–Crippen LogP) is 1.77. The second-order valence-corrected chi connectivity index (χ2v) is 3.19. The molecule has 0 saturated carbocycles. The molecule has 0 unspecified atom stereocenters. The van der Waals surface area contributed by atoms with Gasteiger partial charge in [0, 0.05) is 30.9 Å². The van der Waals surface area contributed by atoms with Crippen LogP contribution in [-0.2, 0) is 0 Å². The van der Waals surface area contributed by atoms with Gasteiger partial charge in [-0.1, -0.05) is 18.8 Å². The first-order valence-corrected chi connectivity index (χ1v) is 4.90. The second kappa shape index (κ2) is 6.17. The molecular formula is C12H16N2. The summed E-state index contributed by atoms with van der Waals surface area (Å²) >= 11 is 0. The van der Waals surface area contributed by atoms with Crippen molar-refractivity contribution in [2.45, 2.75) is 13.3 Å². The maximum absolute atomic E-state index is 4.00. The summed E-state index contributed by atoms with van der Waals surface area (Å²) in [5, 5.41) is 0. The first-order chi connectivity index (χ1) is 6.83. The SMILES string of the molecule is CCN(C)CCC#Cc1cccnc1. The van der Waals surface area contributed by atoms with Crippen LogP contribution in [0.4, 0.5) is 0 Å². The van der Waals surface area contributed by atoms with Gasteiger partial charge in [0.1, 0.15) is 0 Å². The maximum Gasteiger partial charge on any atom is 0.0428 e. The van der Waals surface area contributed by atoms with Crippen molar-refractivity contribution in [2.75, 3.05) is 20.1 Å². The zero-order chi connectivity index (χ0) is 10.2. The van der Waals surface area contributed by atoms with E-state index in [1.807, 2.05) is 12.1 Å². The largest absolute Gasteiger partial charge is 0.306 e.